The molecule has 2 heterocycles. The summed E-state index contributed by atoms with van der Waals surface area (Å²) in [5, 5.41) is 2.53. The second-order valence-corrected chi connectivity index (χ2v) is 3.71. The van der Waals surface area contributed by atoms with E-state index < -0.39 is 0 Å². The van der Waals surface area contributed by atoms with Crippen molar-refractivity contribution in [3.05, 3.63) is 11.5 Å². The molecule has 54 valence electrons. The maximum Gasteiger partial charge on any atom is 0.229 e. The van der Waals surface area contributed by atoms with E-state index in [1.54, 1.807) is 11.8 Å². The van der Waals surface area contributed by atoms with Gasteiger partial charge in [0.25, 0.3) is 0 Å². The van der Waals surface area contributed by atoms with Crippen molar-refractivity contribution >= 4 is 17.7 Å². The van der Waals surface area contributed by atoms with Gasteiger partial charge in [-0.15, -0.1) is 11.8 Å². The number of rotatable bonds is 0. The summed E-state index contributed by atoms with van der Waals surface area (Å²) in [6.45, 7) is 2.82. The van der Waals surface area contributed by atoms with Crippen LogP contribution in [0.1, 0.15) is 6.92 Å². The molecule has 0 N–H and O–H groups in total. The van der Waals surface area contributed by atoms with Crippen LogP contribution < -0.4 is 0 Å². The Kier molecular flexibility index (Phi) is 1.27. The van der Waals surface area contributed by atoms with Crippen LogP contribution in [0.5, 0.6) is 0 Å². The molecule has 0 saturated carbocycles. The van der Waals surface area contributed by atoms with Crippen LogP contribution in [-0.2, 0) is 4.79 Å². The van der Waals surface area contributed by atoms with Gasteiger partial charge < -0.3 is 4.90 Å². The van der Waals surface area contributed by atoms with Gasteiger partial charge >= 0.3 is 0 Å². The van der Waals surface area contributed by atoms with Crippen LogP contribution in [0.2, 0.25) is 0 Å². The lowest BCUT2D eigenvalue weighted by atomic mass is 10.0. The van der Waals surface area contributed by atoms with Gasteiger partial charge in [-0.05, 0) is 5.41 Å². The van der Waals surface area contributed by atoms with E-state index in [4.69, 9.17) is 0 Å². The minimum atomic E-state index is 0.245. The van der Waals surface area contributed by atoms with Gasteiger partial charge in [0.2, 0.25) is 5.91 Å². The smallest absolute Gasteiger partial charge is 0.229 e. The Hall–Kier alpha value is -0.440. The van der Waals surface area contributed by atoms with E-state index >= 15 is 0 Å². The topological polar surface area (TPSA) is 20.3 Å². The van der Waals surface area contributed by atoms with Gasteiger partial charge in [0.15, 0.2) is 0 Å². The highest BCUT2D eigenvalue weighted by molar-refractivity contribution is 8.02. The molecule has 0 radical (unpaired) electrons. The molecule has 0 spiro atoms. The third-order valence-corrected chi connectivity index (χ3v) is 3.32. The largest absolute Gasteiger partial charge is 0.326 e. The maximum atomic E-state index is 11.1. The van der Waals surface area contributed by atoms with E-state index in [1.807, 2.05) is 17.9 Å². The second kappa shape index (κ2) is 2.02. The zero-order valence-electron chi connectivity index (χ0n) is 5.78. The molecule has 2 nitrogen and oxygen atoms in total. The standard InChI is InChI=1S/C7H9NOS/c1-5-6(9)8-3-2-4-10-7(5)8/h2,4-5,7H,3H2,1H3/t5?,7-/m0/s1. The molecule has 2 rings (SSSR count). The molecule has 0 aromatic rings. The van der Waals surface area contributed by atoms with Crippen molar-refractivity contribution in [3.63, 3.8) is 0 Å². The van der Waals surface area contributed by atoms with Crippen molar-refractivity contribution < 1.29 is 4.79 Å². The number of hydrogen-bond acceptors (Lipinski definition) is 2. The summed E-state index contributed by atoms with van der Waals surface area (Å²) in [7, 11) is 0. The SMILES string of the molecule is CC1C(=O)N2CC=CS[C@@H]12. The van der Waals surface area contributed by atoms with Crippen molar-refractivity contribution in [2.45, 2.75) is 12.3 Å². The fraction of sp³-hybridized carbons (Fsp3) is 0.571. The molecule has 2 atom stereocenters. The Morgan fingerprint density at radius 1 is 1.80 bits per heavy atom. The first-order valence-corrected chi connectivity index (χ1v) is 4.36. The molecule has 2 aliphatic rings. The van der Waals surface area contributed by atoms with Crippen molar-refractivity contribution in [1.82, 2.24) is 4.90 Å². The number of thioether (sulfide) groups is 1. The Labute approximate surface area is 64.3 Å². The molecular formula is C7H9NOS. The van der Waals surface area contributed by atoms with Gasteiger partial charge in [0, 0.05) is 6.54 Å². The Balaban J connectivity index is 2.15. The summed E-state index contributed by atoms with van der Waals surface area (Å²) >= 11 is 1.75. The maximum absolute atomic E-state index is 11.1. The van der Waals surface area contributed by atoms with Crippen molar-refractivity contribution in [2.75, 3.05) is 6.54 Å². The highest BCUT2D eigenvalue weighted by Crippen LogP contribution is 2.37. The fourth-order valence-corrected chi connectivity index (χ4v) is 2.42. The van der Waals surface area contributed by atoms with Crippen LogP contribution in [0.4, 0.5) is 0 Å². The quantitative estimate of drug-likeness (QED) is 0.487. The summed E-state index contributed by atoms with van der Waals surface area (Å²) in [5.74, 6) is 0.553. The second-order valence-electron chi connectivity index (χ2n) is 2.68. The molecule has 0 aromatic carbocycles. The van der Waals surface area contributed by atoms with E-state index in [2.05, 4.69) is 5.41 Å². The van der Waals surface area contributed by atoms with Crippen LogP contribution in [0.3, 0.4) is 0 Å². The molecule has 1 amide bonds. The minimum absolute atomic E-state index is 0.245. The van der Waals surface area contributed by atoms with Gasteiger partial charge in [0.05, 0.1) is 11.3 Å². The molecule has 3 heteroatoms. The lowest BCUT2D eigenvalue weighted by Gasteiger charge is -2.45. The van der Waals surface area contributed by atoms with Crippen molar-refractivity contribution in [3.8, 4) is 0 Å². The Morgan fingerprint density at radius 3 is 3.30 bits per heavy atom. The number of hydrogen-bond donors (Lipinski definition) is 0. The van der Waals surface area contributed by atoms with E-state index in [0.717, 1.165) is 6.54 Å². The van der Waals surface area contributed by atoms with Crippen LogP contribution >= 0.6 is 11.8 Å². The first-order chi connectivity index (χ1) is 4.80. The molecule has 1 fully saturated rings. The highest BCUT2D eigenvalue weighted by Gasteiger charge is 2.44. The average Bonchev–Trinajstić information content (AvgIpc) is 2.03. The third kappa shape index (κ3) is 0.639. The molecule has 0 aliphatic carbocycles. The van der Waals surface area contributed by atoms with Crippen LogP contribution in [0.15, 0.2) is 11.5 Å². The van der Waals surface area contributed by atoms with Crippen LogP contribution in [0, 0.1) is 5.92 Å². The molecule has 10 heavy (non-hydrogen) atoms. The minimum Gasteiger partial charge on any atom is -0.326 e. The van der Waals surface area contributed by atoms with Gasteiger partial charge in [-0.1, -0.05) is 13.0 Å². The first kappa shape index (κ1) is 6.28. The number of amides is 1. The molecular weight excluding hydrogens is 146 g/mol. The number of fused-ring (bicyclic) bond motifs is 1. The van der Waals surface area contributed by atoms with Crippen molar-refractivity contribution in [1.29, 1.82) is 0 Å². The lowest BCUT2D eigenvalue weighted by molar-refractivity contribution is -0.148. The number of carbonyl (C=O) groups excluding carboxylic acids is 1. The highest BCUT2D eigenvalue weighted by atomic mass is 32.2. The van der Waals surface area contributed by atoms with Gasteiger partial charge in [0.1, 0.15) is 0 Å². The van der Waals surface area contributed by atoms with Crippen molar-refractivity contribution in [2.24, 2.45) is 5.92 Å². The zero-order chi connectivity index (χ0) is 7.14. The summed E-state index contributed by atoms with van der Waals surface area (Å²) in [4.78, 5) is 13.0. The van der Waals surface area contributed by atoms with E-state index in [-0.39, 0.29) is 5.92 Å². The van der Waals surface area contributed by atoms with E-state index in [0.29, 0.717) is 11.3 Å². The number of β-lactam (4-membered cyclic amide) rings is 1. The molecule has 0 aromatic heterocycles. The normalized spacial score (nSPS) is 37.3. The van der Waals surface area contributed by atoms with Crippen LogP contribution in [-0.4, -0.2) is 22.7 Å². The molecule has 2 aliphatic heterocycles. The predicted molar refractivity (Wildman–Crippen MR) is 41.4 cm³/mol. The van der Waals surface area contributed by atoms with Gasteiger partial charge in [-0.25, -0.2) is 0 Å². The summed E-state index contributed by atoms with van der Waals surface area (Å²) in [5.41, 5.74) is 0. The van der Waals surface area contributed by atoms with E-state index in [9.17, 15) is 4.79 Å². The lowest BCUT2D eigenvalue weighted by Crippen LogP contribution is -2.58. The zero-order valence-corrected chi connectivity index (χ0v) is 6.60. The summed E-state index contributed by atoms with van der Waals surface area (Å²) < 4.78 is 0. The Bertz CT molecular complexity index is 202. The van der Waals surface area contributed by atoms with Gasteiger partial charge in [-0.3, -0.25) is 4.79 Å². The monoisotopic (exact) mass is 155 g/mol. The van der Waals surface area contributed by atoms with Crippen LogP contribution in [0.25, 0.3) is 0 Å². The predicted octanol–water partition coefficient (Wildman–Crippen LogP) is 1.05. The number of nitrogens with zero attached hydrogens (tertiary/aromatic N) is 1. The number of carbonyl (C=O) groups is 1. The third-order valence-electron chi connectivity index (χ3n) is 2.02. The average molecular weight is 155 g/mol. The fourth-order valence-electron chi connectivity index (χ4n) is 1.37. The molecule has 0 bridgehead atoms. The Morgan fingerprint density at radius 2 is 2.60 bits per heavy atom. The first-order valence-electron chi connectivity index (χ1n) is 3.41. The summed E-state index contributed by atoms with van der Waals surface area (Å²) in [6.07, 6.45) is 2.03. The molecule has 1 unspecified atom stereocenters. The molecule has 1 saturated heterocycles. The summed E-state index contributed by atoms with van der Waals surface area (Å²) in [6, 6.07) is 0. The van der Waals surface area contributed by atoms with Gasteiger partial charge in [-0.2, -0.15) is 0 Å². The van der Waals surface area contributed by atoms with E-state index in [1.165, 1.54) is 0 Å².